The minimum absolute atomic E-state index is 0.111. The van der Waals surface area contributed by atoms with Gasteiger partial charge >= 0.3 is 0 Å². The Balaban J connectivity index is 2.09. The molecule has 0 aliphatic heterocycles. The van der Waals surface area contributed by atoms with E-state index < -0.39 is 0 Å². The predicted molar refractivity (Wildman–Crippen MR) is 94.4 cm³/mol. The maximum absolute atomic E-state index is 12.8. The number of hydrogen-bond acceptors (Lipinski definition) is 6. The van der Waals surface area contributed by atoms with Crippen molar-refractivity contribution in [2.75, 3.05) is 13.6 Å². The van der Waals surface area contributed by atoms with Gasteiger partial charge in [-0.2, -0.15) is 0 Å². The number of likely N-dealkylation sites (N-methyl/N-ethyl adjacent to an activating group) is 1. The van der Waals surface area contributed by atoms with Crippen LogP contribution in [0, 0.1) is 0 Å². The first-order valence-corrected chi connectivity index (χ1v) is 8.31. The highest BCUT2D eigenvalue weighted by Gasteiger charge is 2.23. The van der Waals surface area contributed by atoms with Crippen molar-refractivity contribution in [3.05, 3.63) is 35.7 Å². The maximum atomic E-state index is 12.8. The molecule has 0 spiro atoms. The zero-order valence-electron chi connectivity index (χ0n) is 14.8. The second-order valence-corrected chi connectivity index (χ2v) is 6.33. The van der Waals surface area contributed by atoms with E-state index in [9.17, 15) is 4.79 Å². The smallest absolute Gasteiger partial charge is 0.259 e. The fraction of sp³-hybridized carbons (Fsp3) is 0.389. The Morgan fingerprint density at radius 3 is 2.76 bits per heavy atom. The van der Waals surface area contributed by atoms with Crippen molar-refractivity contribution in [1.82, 2.24) is 20.8 Å². The number of fused-ring (bicyclic) bond motifs is 1. The van der Waals surface area contributed by atoms with E-state index in [0.717, 1.165) is 5.69 Å². The highest BCUT2D eigenvalue weighted by Crippen LogP contribution is 2.30. The molecule has 7 heteroatoms. The Hall–Kier alpha value is -2.67. The van der Waals surface area contributed by atoms with Gasteiger partial charge in [-0.05, 0) is 38.1 Å². The molecule has 2 N–H and O–H groups in total. The molecule has 0 radical (unpaired) electrons. The third-order valence-corrected chi connectivity index (χ3v) is 4.10. The first-order valence-electron chi connectivity index (χ1n) is 8.31. The van der Waals surface area contributed by atoms with Crippen molar-refractivity contribution >= 4 is 17.0 Å². The Morgan fingerprint density at radius 1 is 1.32 bits per heavy atom. The average molecular weight is 342 g/mol. The minimum atomic E-state index is -0.188. The van der Waals surface area contributed by atoms with Crippen LogP contribution in [0.2, 0.25) is 0 Å². The number of aromatic nitrogens is 2. The van der Waals surface area contributed by atoms with Gasteiger partial charge in [0, 0.05) is 12.6 Å². The van der Waals surface area contributed by atoms with Gasteiger partial charge in [0.25, 0.3) is 11.6 Å². The summed E-state index contributed by atoms with van der Waals surface area (Å²) in [5, 5.41) is 10.8. The first-order chi connectivity index (χ1) is 12.0. The zero-order valence-corrected chi connectivity index (χ0v) is 14.8. The predicted octanol–water partition coefficient (Wildman–Crippen LogP) is 2.94. The summed E-state index contributed by atoms with van der Waals surface area (Å²) in [5.74, 6) is 0.495. The van der Waals surface area contributed by atoms with Gasteiger partial charge in [-0.3, -0.25) is 4.79 Å². The van der Waals surface area contributed by atoms with Crippen molar-refractivity contribution < 1.29 is 13.7 Å². The molecule has 1 amide bonds. The lowest BCUT2D eigenvalue weighted by atomic mass is 10.0. The van der Waals surface area contributed by atoms with Gasteiger partial charge in [0.1, 0.15) is 5.69 Å². The van der Waals surface area contributed by atoms with Gasteiger partial charge < -0.3 is 19.6 Å². The normalized spacial score (nSPS) is 12.7. The maximum Gasteiger partial charge on any atom is 0.259 e. The second kappa shape index (κ2) is 7.06. The van der Waals surface area contributed by atoms with E-state index in [1.165, 1.54) is 0 Å². The lowest BCUT2D eigenvalue weighted by molar-refractivity contribution is 0.0952. The summed E-state index contributed by atoms with van der Waals surface area (Å²) >= 11 is 0. The summed E-state index contributed by atoms with van der Waals surface area (Å²) in [6, 6.07) is 5.45. The van der Waals surface area contributed by atoms with Crippen LogP contribution in [0.25, 0.3) is 22.6 Å². The van der Waals surface area contributed by atoms with Crippen molar-refractivity contribution in [3.63, 3.8) is 0 Å². The number of carbonyl (C=O) groups is 1. The summed E-state index contributed by atoms with van der Waals surface area (Å²) in [4.78, 5) is 17.3. The van der Waals surface area contributed by atoms with Crippen molar-refractivity contribution in [1.29, 1.82) is 0 Å². The van der Waals surface area contributed by atoms with Crippen LogP contribution in [0.15, 0.2) is 33.4 Å². The SMILES string of the molecule is CNC(C)CNC(=O)c1cc(-c2ccco2)nc2onc(C(C)C)c12. The third-order valence-electron chi connectivity index (χ3n) is 4.10. The van der Waals surface area contributed by atoms with Crippen molar-refractivity contribution in [2.45, 2.75) is 32.7 Å². The summed E-state index contributed by atoms with van der Waals surface area (Å²) < 4.78 is 10.8. The van der Waals surface area contributed by atoms with Crippen molar-refractivity contribution in [2.24, 2.45) is 0 Å². The molecule has 1 atom stereocenters. The molecule has 3 heterocycles. The van der Waals surface area contributed by atoms with E-state index in [1.54, 1.807) is 24.5 Å². The molecule has 1 unspecified atom stereocenters. The topological polar surface area (TPSA) is 93.2 Å². The van der Waals surface area contributed by atoms with E-state index >= 15 is 0 Å². The van der Waals surface area contributed by atoms with Gasteiger partial charge in [-0.25, -0.2) is 4.98 Å². The summed E-state index contributed by atoms with van der Waals surface area (Å²) in [7, 11) is 1.85. The number of amides is 1. The number of rotatable bonds is 6. The molecule has 3 aromatic rings. The van der Waals surface area contributed by atoms with E-state index in [4.69, 9.17) is 8.94 Å². The summed E-state index contributed by atoms with van der Waals surface area (Å²) in [5.41, 5.74) is 2.09. The van der Waals surface area contributed by atoms with E-state index in [1.807, 2.05) is 27.8 Å². The standard InChI is InChI=1S/C18H22N4O3/c1-10(2)16-15-12(17(23)20-9-11(3)19-4)8-13(14-6-5-7-24-14)21-18(15)25-22-16/h5-8,10-11,19H,9H2,1-4H3,(H,20,23). The quantitative estimate of drug-likeness (QED) is 0.715. The highest BCUT2D eigenvalue weighted by atomic mass is 16.5. The van der Waals surface area contributed by atoms with Crippen LogP contribution in [-0.2, 0) is 0 Å². The van der Waals surface area contributed by atoms with Gasteiger partial charge in [0.15, 0.2) is 5.76 Å². The molecule has 132 valence electrons. The Kier molecular flexibility index (Phi) is 4.85. The van der Waals surface area contributed by atoms with Crippen molar-refractivity contribution in [3.8, 4) is 11.5 Å². The Bertz CT molecular complexity index is 868. The molecule has 25 heavy (non-hydrogen) atoms. The number of nitrogens with zero attached hydrogens (tertiary/aromatic N) is 2. The van der Waals surface area contributed by atoms with Gasteiger partial charge in [0.05, 0.1) is 22.9 Å². The minimum Gasteiger partial charge on any atom is -0.463 e. The van der Waals surface area contributed by atoms with Crippen LogP contribution in [-0.4, -0.2) is 35.7 Å². The number of carbonyl (C=O) groups excluding carboxylic acids is 1. The fourth-order valence-corrected chi connectivity index (χ4v) is 2.54. The van der Waals surface area contributed by atoms with Crippen LogP contribution in [0.1, 0.15) is 42.7 Å². The third kappa shape index (κ3) is 3.41. The molecule has 0 aliphatic rings. The van der Waals surface area contributed by atoms with Crippen LogP contribution in [0.5, 0.6) is 0 Å². The number of pyridine rings is 1. The molecule has 7 nitrogen and oxygen atoms in total. The number of furan rings is 1. The van der Waals surface area contributed by atoms with Crippen LogP contribution < -0.4 is 10.6 Å². The fourth-order valence-electron chi connectivity index (χ4n) is 2.54. The largest absolute Gasteiger partial charge is 0.463 e. The zero-order chi connectivity index (χ0) is 18.0. The van der Waals surface area contributed by atoms with E-state index in [0.29, 0.717) is 34.7 Å². The molecule has 0 saturated heterocycles. The lowest BCUT2D eigenvalue weighted by Crippen LogP contribution is -2.37. The van der Waals surface area contributed by atoms with Crippen LogP contribution in [0.3, 0.4) is 0 Å². The summed E-state index contributed by atoms with van der Waals surface area (Å²) in [6.07, 6.45) is 1.56. The molecule has 0 bridgehead atoms. The molecular formula is C18H22N4O3. The van der Waals surface area contributed by atoms with E-state index in [-0.39, 0.29) is 17.9 Å². The van der Waals surface area contributed by atoms with Gasteiger partial charge in [-0.15, -0.1) is 0 Å². The average Bonchev–Trinajstić information content (AvgIpc) is 3.27. The molecule has 0 saturated carbocycles. The number of nitrogens with one attached hydrogen (secondary N) is 2. The molecule has 0 aliphatic carbocycles. The van der Waals surface area contributed by atoms with Crippen LogP contribution >= 0.6 is 0 Å². The number of hydrogen-bond donors (Lipinski definition) is 2. The molecular weight excluding hydrogens is 320 g/mol. The summed E-state index contributed by atoms with van der Waals surface area (Å²) in [6.45, 7) is 6.51. The van der Waals surface area contributed by atoms with E-state index in [2.05, 4.69) is 20.8 Å². The monoisotopic (exact) mass is 342 g/mol. The Labute approximate surface area is 145 Å². The molecule has 3 rings (SSSR count). The molecule has 3 aromatic heterocycles. The van der Waals surface area contributed by atoms with Gasteiger partial charge in [0.2, 0.25) is 0 Å². The van der Waals surface area contributed by atoms with Crippen LogP contribution in [0.4, 0.5) is 0 Å². The molecule has 0 fully saturated rings. The second-order valence-electron chi connectivity index (χ2n) is 6.33. The first kappa shape index (κ1) is 17.2. The molecule has 0 aromatic carbocycles. The Morgan fingerprint density at radius 2 is 2.12 bits per heavy atom. The lowest BCUT2D eigenvalue weighted by Gasteiger charge is -2.12. The highest BCUT2D eigenvalue weighted by molar-refractivity contribution is 6.07. The van der Waals surface area contributed by atoms with Gasteiger partial charge in [-0.1, -0.05) is 19.0 Å².